The Morgan fingerprint density at radius 1 is 1.25 bits per heavy atom. The summed E-state index contributed by atoms with van der Waals surface area (Å²) in [5, 5.41) is 0. The molecule has 0 aliphatic heterocycles. The van der Waals surface area contributed by atoms with E-state index in [1.165, 1.54) is 12.1 Å². The largest absolute Gasteiger partial charge is 0.336 e. The molecule has 28 heavy (non-hydrogen) atoms. The second-order valence-electron chi connectivity index (χ2n) is 7.10. The van der Waals surface area contributed by atoms with Crippen molar-refractivity contribution in [2.75, 3.05) is 7.05 Å². The molecule has 2 heterocycles. The van der Waals surface area contributed by atoms with Crippen molar-refractivity contribution in [3.8, 4) is 0 Å². The van der Waals surface area contributed by atoms with Crippen molar-refractivity contribution in [2.24, 2.45) is 0 Å². The number of aryl methyl sites for hydroxylation is 2. The lowest BCUT2D eigenvalue weighted by atomic mass is 10.2. The van der Waals surface area contributed by atoms with Crippen molar-refractivity contribution in [1.82, 2.24) is 19.0 Å². The number of carbonyl (C=O) groups excluding carboxylic acids is 1. The lowest BCUT2D eigenvalue weighted by Crippen LogP contribution is -2.30. The summed E-state index contributed by atoms with van der Waals surface area (Å²) in [7, 11) is -1.85. The Morgan fingerprint density at radius 3 is 2.50 bits per heavy atom. The number of thiazole rings is 1. The maximum atomic E-state index is 12.8. The van der Waals surface area contributed by atoms with Crippen LogP contribution >= 0.6 is 11.3 Å². The number of amides is 1. The molecule has 7 nitrogen and oxygen atoms in total. The third-order valence-electron chi connectivity index (χ3n) is 4.28. The van der Waals surface area contributed by atoms with Gasteiger partial charge in [-0.2, -0.15) is 0 Å². The van der Waals surface area contributed by atoms with Crippen molar-refractivity contribution >= 4 is 32.2 Å². The predicted octanol–water partition coefficient (Wildman–Crippen LogP) is 2.97. The van der Waals surface area contributed by atoms with Gasteiger partial charge in [0.25, 0.3) is 5.91 Å². The quantitative estimate of drug-likeness (QED) is 0.664. The van der Waals surface area contributed by atoms with E-state index in [2.05, 4.69) is 9.71 Å². The number of hydrogen-bond acceptors (Lipinski definition) is 5. The van der Waals surface area contributed by atoms with Crippen LogP contribution in [0.25, 0.3) is 4.96 Å². The Labute approximate surface area is 169 Å². The van der Waals surface area contributed by atoms with Crippen LogP contribution in [0.4, 0.5) is 0 Å². The topological polar surface area (TPSA) is 83.8 Å². The van der Waals surface area contributed by atoms with Gasteiger partial charge in [0.15, 0.2) is 4.96 Å². The Kier molecular flexibility index (Phi) is 5.60. The normalized spacial score (nSPS) is 12.1. The first-order valence-corrected chi connectivity index (χ1v) is 11.2. The van der Waals surface area contributed by atoms with Gasteiger partial charge in [0.2, 0.25) is 10.0 Å². The highest BCUT2D eigenvalue weighted by Gasteiger charge is 2.19. The molecule has 9 heteroatoms. The highest BCUT2D eigenvalue weighted by molar-refractivity contribution is 7.89. The molecule has 0 fully saturated rings. The zero-order chi connectivity index (χ0) is 20.6. The minimum atomic E-state index is -3.58. The fourth-order valence-electron chi connectivity index (χ4n) is 2.97. The average molecular weight is 421 g/mol. The smallest absolute Gasteiger partial charge is 0.253 e. The Bertz CT molecular complexity index is 1110. The molecule has 150 valence electrons. The van der Waals surface area contributed by atoms with E-state index in [-0.39, 0.29) is 16.8 Å². The van der Waals surface area contributed by atoms with E-state index in [4.69, 9.17) is 0 Å². The Hall–Kier alpha value is -2.23. The molecule has 2 aromatic heterocycles. The van der Waals surface area contributed by atoms with E-state index in [9.17, 15) is 13.2 Å². The van der Waals surface area contributed by atoms with Gasteiger partial charge < -0.3 is 4.90 Å². The van der Waals surface area contributed by atoms with E-state index in [1.54, 1.807) is 49.3 Å². The summed E-state index contributed by atoms with van der Waals surface area (Å²) in [5.41, 5.74) is 2.30. The molecule has 3 aromatic rings. The number of imidazole rings is 1. The van der Waals surface area contributed by atoms with Crippen LogP contribution in [0.5, 0.6) is 0 Å². The molecule has 1 N–H and O–H groups in total. The Balaban J connectivity index is 1.78. The number of sulfonamides is 1. The molecule has 0 radical (unpaired) electrons. The molecule has 0 aliphatic carbocycles. The number of nitrogens with zero attached hydrogens (tertiary/aromatic N) is 3. The summed E-state index contributed by atoms with van der Waals surface area (Å²) in [6.45, 7) is 7.89. The summed E-state index contributed by atoms with van der Waals surface area (Å²) in [4.78, 5) is 21.2. The molecule has 3 rings (SSSR count). The standard InChI is InChI=1S/C19H24N4O3S2/c1-12(2)21-28(25,26)16-8-6-15(7-9-16)18(24)22(5)11-17-14(4)20-19-23(17)10-13(3)27-19/h6-10,12,21H,11H2,1-5H3. The molecule has 1 aromatic carbocycles. The number of fused-ring (bicyclic) bond motifs is 1. The van der Waals surface area contributed by atoms with Crippen LogP contribution in [0.3, 0.4) is 0 Å². The highest BCUT2D eigenvalue weighted by atomic mass is 32.2. The first-order valence-electron chi connectivity index (χ1n) is 8.90. The van der Waals surface area contributed by atoms with Crippen molar-refractivity contribution in [3.63, 3.8) is 0 Å². The van der Waals surface area contributed by atoms with Gasteiger partial charge in [0.05, 0.1) is 22.8 Å². The van der Waals surface area contributed by atoms with Gasteiger partial charge in [-0.3, -0.25) is 9.20 Å². The molecule has 0 saturated carbocycles. The first kappa shape index (κ1) is 20.5. The van der Waals surface area contributed by atoms with Crippen LogP contribution in [0, 0.1) is 13.8 Å². The molecular weight excluding hydrogens is 396 g/mol. The van der Waals surface area contributed by atoms with Gasteiger partial charge >= 0.3 is 0 Å². The molecular formula is C19H24N4O3S2. The fraction of sp³-hybridized carbons (Fsp3) is 0.368. The molecule has 0 atom stereocenters. The number of rotatable bonds is 6. The van der Waals surface area contributed by atoms with Crippen molar-refractivity contribution in [1.29, 1.82) is 0 Å². The predicted molar refractivity (Wildman–Crippen MR) is 110 cm³/mol. The van der Waals surface area contributed by atoms with Gasteiger partial charge in [-0.1, -0.05) is 0 Å². The zero-order valence-corrected chi connectivity index (χ0v) is 18.2. The summed E-state index contributed by atoms with van der Waals surface area (Å²) in [6.07, 6.45) is 2.02. The SMILES string of the molecule is Cc1cn2c(CN(C)C(=O)c3ccc(S(=O)(=O)NC(C)C)cc3)c(C)nc2s1. The molecule has 0 saturated heterocycles. The molecule has 0 unspecified atom stereocenters. The van der Waals surface area contributed by atoms with Crippen molar-refractivity contribution in [3.05, 3.63) is 52.3 Å². The van der Waals surface area contributed by atoms with Gasteiger partial charge in [0, 0.05) is 29.7 Å². The lowest BCUT2D eigenvalue weighted by molar-refractivity contribution is 0.0783. The summed E-state index contributed by atoms with van der Waals surface area (Å²) in [5.74, 6) is -0.179. The third-order valence-corrected chi connectivity index (χ3v) is 6.85. The van der Waals surface area contributed by atoms with E-state index < -0.39 is 10.0 Å². The van der Waals surface area contributed by atoms with Gasteiger partial charge in [0.1, 0.15) is 0 Å². The minimum Gasteiger partial charge on any atom is -0.336 e. The summed E-state index contributed by atoms with van der Waals surface area (Å²) >= 11 is 1.61. The van der Waals surface area contributed by atoms with E-state index in [0.717, 1.165) is 21.2 Å². The fourth-order valence-corrected chi connectivity index (χ4v) is 5.11. The number of carbonyl (C=O) groups is 1. The molecule has 1 amide bonds. The van der Waals surface area contributed by atoms with Gasteiger partial charge in [-0.15, -0.1) is 11.3 Å². The number of hydrogen-bond donors (Lipinski definition) is 1. The van der Waals surface area contributed by atoms with Gasteiger partial charge in [-0.25, -0.2) is 18.1 Å². The van der Waals surface area contributed by atoms with Crippen LogP contribution in [-0.4, -0.2) is 41.7 Å². The average Bonchev–Trinajstić information content (AvgIpc) is 3.09. The molecule has 0 spiro atoms. The van der Waals surface area contributed by atoms with Crippen LogP contribution in [0.1, 0.15) is 40.5 Å². The summed E-state index contributed by atoms with van der Waals surface area (Å²) < 4.78 is 29.0. The molecule has 0 bridgehead atoms. The third kappa shape index (κ3) is 4.11. The monoisotopic (exact) mass is 420 g/mol. The second kappa shape index (κ2) is 7.65. The van der Waals surface area contributed by atoms with Crippen LogP contribution in [0.15, 0.2) is 35.4 Å². The van der Waals surface area contributed by atoms with Crippen molar-refractivity contribution < 1.29 is 13.2 Å². The van der Waals surface area contributed by atoms with E-state index in [1.807, 2.05) is 24.4 Å². The van der Waals surface area contributed by atoms with Crippen molar-refractivity contribution in [2.45, 2.75) is 45.2 Å². The molecule has 0 aliphatic rings. The van der Waals surface area contributed by atoms with Crippen LogP contribution < -0.4 is 4.72 Å². The maximum Gasteiger partial charge on any atom is 0.253 e. The van der Waals surface area contributed by atoms with Crippen LogP contribution in [-0.2, 0) is 16.6 Å². The van der Waals surface area contributed by atoms with Crippen LogP contribution in [0.2, 0.25) is 0 Å². The first-order chi connectivity index (χ1) is 13.1. The minimum absolute atomic E-state index is 0.141. The van der Waals surface area contributed by atoms with Gasteiger partial charge in [-0.05, 0) is 52.0 Å². The van der Waals surface area contributed by atoms with E-state index >= 15 is 0 Å². The zero-order valence-electron chi connectivity index (χ0n) is 16.6. The second-order valence-corrected chi connectivity index (χ2v) is 10.0. The van der Waals surface area contributed by atoms with E-state index in [0.29, 0.717) is 12.1 Å². The number of nitrogens with one attached hydrogen (secondary N) is 1. The number of aromatic nitrogens is 2. The summed E-state index contributed by atoms with van der Waals surface area (Å²) in [6, 6.07) is 5.80. The number of benzene rings is 1. The highest BCUT2D eigenvalue weighted by Crippen LogP contribution is 2.22. The maximum absolute atomic E-state index is 12.8. The lowest BCUT2D eigenvalue weighted by Gasteiger charge is -2.18. The Morgan fingerprint density at radius 2 is 1.89 bits per heavy atom.